The Hall–Kier alpha value is -1.63. The Morgan fingerprint density at radius 3 is 2.65 bits per heavy atom. The lowest BCUT2D eigenvalue weighted by Gasteiger charge is -2.37. The Morgan fingerprint density at radius 1 is 1.15 bits per heavy atom. The minimum Gasteiger partial charge on any atom is -0.353 e. The molecule has 3 aliphatic heterocycles. The van der Waals surface area contributed by atoms with E-state index in [1.165, 1.54) is 6.42 Å². The van der Waals surface area contributed by atoms with Crippen molar-refractivity contribution < 1.29 is 14.4 Å². The molecule has 7 heteroatoms. The molecule has 0 aromatic rings. The number of piperidine rings is 1. The van der Waals surface area contributed by atoms with E-state index in [2.05, 4.69) is 15.5 Å². The van der Waals surface area contributed by atoms with E-state index in [9.17, 15) is 14.4 Å². The molecule has 3 saturated heterocycles. The summed E-state index contributed by atoms with van der Waals surface area (Å²) in [4.78, 5) is 40.9. The molecule has 3 amide bonds. The second-order valence-electron chi connectivity index (χ2n) is 8.31. The van der Waals surface area contributed by atoms with E-state index >= 15 is 0 Å². The van der Waals surface area contributed by atoms with Crippen LogP contribution in [0.25, 0.3) is 0 Å². The summed E-state index contributed by atoms with van der Waals surface area (Å²) in [5.74, 6) is 0.647. The number of piperazine rings is 1. The van der Waals surface area contributed by atoms with E-state index in [-0.39, 0.29) is 41.8 Å². The number of likely N-dealkylation sites (tertiary alicyclic amines) is 1. The van der Waals surface area contributed by atoms with Gasteiger partial charge in [0.1, 0.15) is 0 Å². The predicted molar refractivity (Wildman–Crippen MR) is 96.2 cm³/mol. The minimum absolute atomic E-state index is 0.0530. The van der Waals surface area contributed by atoms with Crippen LogP contribution in [0.1, 0.15) is 51.4 Å². The number of nitrogens with one attached hydrogen (secondary N) is 2. The lowest BCUT2D eigenvalue weighted by molar-refractivity contribution is -0.133. The second kappa shape index (κ2) is 7.55. The van der Waals surface area contributed by atoms with Crippen molar-refractivity contribution in [2.24, 2.45) is 5.92 Å². The third kappa shape index (κ3) is 3.87. The van der Waals surface area contributed by atoms with Gasteiger partial charge in [-0.3, -0.25) is 19.3 Å². The average Bonchev–Trinajstić information content (AvgIpc) is 3.42. The third-order valence-electron chi connectivity index (χ3n) is 6.32. The number of nitrogens with zero attached hydrogens (tertiary/aromatic N) is 2. The van der Waals surface area contributed by atoms with Crippen molar-refractivity contribution in [1.29, 1.82) is 0 Å². The van der Waals surface area contributed by atoms with Gasteiger partial charge in [-0.15, -0.1) is 0 Å². The lowest BCUT2D eigenvalue weighted by Crippen LogP contribution is -2.58. The molecule has 0 aromatic carbocycles. The number of rotatable bonds is 5. The monoisotopic (exact) mass is 362 g/mol. The highest BCUT2D eigenvalue weighted by Gasteiger charge is 2.44. The first-order chi connectivity index (χ1) is 12.6. The third-order valence-corrected chi connectivity index (χ3v) is 6.32. The van der Waals surface area contributed by atoms with E-state index in [1.54, 1.807) is 0 Å². The first-order valence-electron chi connectivity index (χ1n) is 10.2. The molecule has 2 N–H and O–H groups in total. The second-order valence-corrected chi connectivity index (χ2v) is 8.31. The van der Waals surface area contributed by atoms with Gasteiger partial charge in [-0.05, 0) is 44.9 Å². The molecule has 4 rings (SSSR count). The summed E-state index contributed by atoms with van der Waals surface area (Å²) >= 11 is 0. The first-order valence-corrected chi connectivity index (χ1v) is 10.2. The van der Waals surface area contributed by atoms with Gasteiger partial charge in [-0.25, -0.2) is 0 Å². The molecule has 0 spiro atoms. The average molecular weight is 362 g/mol. The highest BCUT2D eigenvalue weighted by atomic mass is 16.2. The van der Waals surface area contributed by atoms with Gasteiger partial charge in [0.05, 0.1) is 6.04 Å². The highest BCUT2D eigenvalue weighted by Crippen LogP contribution is 2.31. The van der Waals surface area contributed by atoms with E-state index < -0.39 is 0 Å². The molecular formula is C19H30N4O3. The molecule has 0 aromatic heterocycles. The zero-order valence-corrected chi connectivity index (χ0v) is 15.4. The maximum atomic E-state index is 12.5. The molecule has 0 radical (unpaired) electrons. The Bertz CT molecular complexity index is 571. The molecule has 7 nitrogen and oxygen atoms in total. The Labute approximate surface area is 154 Å². The fourth-order valence-corrected chi connectivity index (χ4v) is 4.60. The number of fused-ring (bicyclic) bond motifs is 1. The first kappa shape index (κ1) is 17.8. The van der Waals surface area contributed by atoms with E-state index in [1.807, 2.05) is 4.90 Å². The molecule has 4 fully saturated rings. The van der Waals surface area contributed by atoms with Crippen molar-refractivity contribution in [2.75, 3.05) is 26.2 Å². The molecular weight excluding hydrogens is 332 g/mol. The van der Waals surface area contributed by atoms with Gasteiger partial charge in [-0.2, -0.15) is 0 Å². The Kier molecular flexibility index (Phi) is 5.16. The van der Waals surface area contributed by atoms with Crippen LogP contribution in [0.2, 0.25) is 0 Å². The van der Waals surface area contributed by atoms with Crippen LogP contribution in [0.15, 0.2) is 0 Å². The molecule has 26 heavy (non-hydrogen) atoms. The molecule has 1 aliphatic carbocycles. The van der Waals surface area contributed by atoms with Gasteiger partial charge < -0.3 is 15.5 Å². The molecule has 144 valence electrons. The van der Waals surface area contributed by atoms with Crippen LogP contribution in [-0.2, 0) is 14.4 Å². The summed E-state index contributed by atoms with van der Waals surface area (Å²) in [6, 6.07) is 0.0786. The van der Waals surface area contributed by atoms with Crippen LogP contribution in [-0.4, -0.2) is 71.8 Å². The number of hydrogen-bond acceptors (Lipinski definition) is 4. The minimum atomic E-state index is -0.164. The molecule has 4 aliphatic rings. The summed E-state index contributed by atoms with van der Waals surface area (Å²) < 4.78 is 0. The van der Waals surface area contributed by atoms with Crippen molar-refractivity contribution in [3.63, 3.8) is 0 Å². The van der Waals surface area contributed by atoms with Crippen LogP contribution in [0.5, 0.6) is 0 Å². The van der Waals surface area contributed by atoms with Crippen LogP contribution < -0.4 is 10.6 Å². The van der Waals surface area contributed by atoms with Gasteiger partial charge in [0.25, 0.3) is 0 Å². The maximum absolute atomic E-state index is 12.5. The van der Waals surface area contributed by atoms with Crippen LogP contribution in [0, 0.1) is 5.92 Å². The van der Waals surface area contributed by atoms with E-state index in [4.69, 9.17) is 0 Å². The van der Waals surface area contributed by atoms with Gasteiger partial charge in [0.15, 0.2) is 0 Å². The number of carbonyl (C=O) groups is 3. The van der Waals surface area contributed by atoms with Crippen molar-refractivity contribution >= 4 is 17.7 Å². The van der Waals surface area contributed by atoms with Crippen molar-refractivity contribution in [1.82, 2.24) is 20.4 Å². The quantitative estimate of drug-likeness (QED) is 0.734. The van der Waals surface area contributed by atoms with E-state index in [0.29, 0.717) is 19.4 Å². The molecule has 3 heterocycles. The maximum Gasteiger partial charge on any atom is 0.237 e. The van der Waals surface area contributed by atoms with Crippen LogP contribution >= 0.6 is 0 Å². The fraction of sp³-hybridized carbons (Fsp3) is 0.842. The number of amides is 3. The van der Waals surface area contributed by atoms with Crippen LogP contribution in [0.4, 0.5) is 0 Å². The highest BCUT2D eigenvalue weighted by molar-refractivity contribution is 5.84. The van der Waals surface area contributed by atoms with Gasteiger partial charge in [-0.1, -0.05) is 0 Å². The summed E-state index contributed by atoms with van der Waals surface area (Å²) in [7, 11) is 0. The topological polar surface area (TPSA) is 81.8 Å². The summed E-state index contributed by atoms with van der Waals surface area (Å²) in [6.07, 6.45) is 7.44. The summed E-state index contributed by atoms with van der Waals surface area (Å²) in [5.41, 5.74) is 0. The smallest absolute Gasteiger partial charge is 0.237 e. The van der Waals surface area contributed by atoms with Crippen molar-refractivity contribution in [2.45, 2.75) is 69.5 Å². The van der Waals surface area contributed by atoms with Crippen LogP contribution in [0.3, 0.4) is 0 Å². The normalized spacial score (nSPS) is 32.1. The standard InChI is InChI=1S/C19H30N4O3/c24-17(22-8-2-1-3-9-22)7-6-15-11-20-19(26)16-10-14(12-23(15)16)21-18(25)13-4-5-13/h13-16H,1-12H2,(H,20,26)(H,21,25). The molecule has 3 unspecified atom stereocenters. The van der Waals surface area contributed by atoms with Gasteiger partial charge >= 0.3 is 0 Å². The summed E-state index contributed by atoms with van der Waals surface area (Å²) in [6.45, 7) is 3.11. The van der Waals surface area contributed by atoms with Gasteiger partial charge in [0, 0.05) is 50.6 Å². The predicted octanol–water partition coefficient (Wildman–Crippen LogP) is 0.247. The van der Waals surface area contributed by atoms with E-state index in [0.717, 1.165) is 51.7 Å². The molecule has 1 saturated carbocycles. The van der Waals surface area contributed by atoms with Crippen molar-refractivity contribution in [3.8, 4) is 0 Å². The van der Waals surface area contributed by atoms with Gasteiger partial charge in [0.2, 0.25) is 17.7 Å². The largest absolute Gasteiger partial charge is 0.353 e. The Morgan fingerprint density at radius 2 is 1.92 bits per heavy atom. The Balaban J connectivity index is 1.31. The van der Waals surface area contributed by atoms with Crippen molar-refractivity contribution in [3.05, 3.63) is 0 Å². The number of hydrogen-bond donors (Lipinski definition) is 2. The molecule has 3 atom stereocenters. The number of carbonyl (C=O) groups excluding carboxylic acids is 3. The molecule has 0 bridgehead atoms. The fourth-order valence-electron chi connectivity index (χ4n) is 4.60. The summed E-state index contributed by atoms with van der Waals surface area (Å²) in [5, 5.41) is 6.12. The zero-order valence-electron chi connectivity index (χ0n) is 15.4. The SMILES string of the molecule is O=C(NC1CC2C(=O)NCC(CCC(=O)N3CCCCC3)N2C1)C1CC1. The lowest BCUT2D eigenvalue weighted by atomic mass is 10.0. The zero-order chi connectivity index (χ0) is 18.1.